The molecule has 2 aliphatic rings. The van der Waals surface area contributed by atoms with E-state index in [0.29, 0.717) is 41.1 Å². The second-order valence-electron chi connectivity index (χ2n) is 6.81. The van der Waals surface area contributed by atoms with Gasteiger partial charge in [0.1, 0.15) is 17.2 Å². The van der Waals surface area contributed by atoms with Gasteiger partial charge in [-0.2, -0.15) is 0 Å². The predicted octanol–water partition coefficient (Wildman–Crippen LogP) is 3.31. The van der Waals surface area contributed by atoms with E-state index in [2.05, 4.69) is 22.1 Å². The minimum absolute atomic E-state index is 0.114. The molecule has 1 fully saturated rings. The van der Waals surface area contributed by atoms with E-state index in [1.54, 1.807) is 18.3 Å². The number of halogens is 1. The van der Waals surface area contributed by atoms with Gasteiger partial charge in [-0.15, -0.1) is 0 Å². The third-order valence-electron chi connectivity index (χ3n) is 5.02. The summed E-state index contributed by atoms with van der Waals surface area (Å²) in [5, 5.41) is 13.2. The van der Waals surface area contributed by atoms with Crippen LogP contribution in [0.2, 0.25) is 0 Å². The molecule has 0 atom stereocenters. The molecule has 1 saturated carbocycles. The molecular formula is C21H19FN2O3. The maximum atomic E-state index is 14.6. The summed E-state index contributed by atoms with van der Waals surface area (Å²) in [4.78, 5) is 15.5. The molecular weight excluding hydrogens is 347 g/mol. The lowest BCUT2D eigenvalue weighted by atomic mass is 9.97. The van der Waals surface area contributed by atoms with Gasteiger partial charge in [0.2, 0.25) is 0 Å². The van der Waals surface area contributed by atoms with Crippen molar-refractivity contribution in [2.75, 3.05) is 12.4 Å². The Morgan fingerprint density at radius 1 is 1.30 bits per heavy atom. The summed E-state index contributed by atoms with van der Waals surface area (Å²) in [6, 6.07) is 4.53. The second-order valence-corrected chi connectivity index (χ2v) is 6.81. The predicted molar refractivity (Wildman–Crippen MR) is 101 cm³/mol. The van der Waals surface area contributed by atoms with Gasteiger partial charge < -0.3 is 20.1 Å². The van der Waals surface area contributed by atoms with Crippen LogP contribution in [0.25, 0.3) is 11.6 Å². The van der Waals surface area contributed by atoms with E-state index in [-0.39, 0.29) is 11.5 Å². The van der Waals surface area contributed by atoms with Gasteiger partial charge in [-0.3, -0.25) is 4.79 Å². The summed E-state index contributed by atoms with van der Waals surface area (Å²) in [6.45, 7) is 0. The number of aliphatic hydroxyl groups is 1. The first-order chi connectivity index (χ1) is 13.0. The topological polar surface area (TPSA) is 74.4 Å². The molecule has 0 spiro atoms. The summed E-state index contributed by atoms with van der Waals surface area (Å²) in [6.07, 6.45) is 6.28. The van der Waals surface area contributed by atoms with Gasteiger partial charge in [-0.25, -0.2) is 4.39 Å². The average Bonchev–Trinajstić information content (AvgIpc) is 3.35. The Balaban J connectivity index is 1.84. The van der Waals surface area contributed by atoms with E-state index < -0.39 is 11.4 Å². The average molecular weight is 366 g/mol. The number of hydrogen-bond donors (Lipinski definition) is 3. The third kappa shape index (κ3) is 3.11. The highest BCUT2D eigenvalue weighted by Gasteiger charge is 2.31. The number of amides is 1. The molecule has 1 aliphatic heterocycles. The fourth-order valence-corrected chi connectivity index (χ4v) is 3.59. The zero-order valence-electron chi connectivity index (χ0n) is 14.9. The number of nitrogens with one attached hydrogen (secondary N) is 2. The highest BCUT2D eigenvalue weighted by molar-refractivity contribution is 6.35. The molecule has 5 nitrogen and oxygen atoms in total. The van der Waals surface area contributed by atoms with Crippen molar-refractivity contribution >= 4 is 23.2 Å². The van der Waals surface area contributed by atoms with E-state index >= 15 is 0 Å². The first-order valence-electron chi connectivity index (χ1n) is 8.83. The van der Waals surface area contributed by atoms with Gasteiger partial charge >= 0.3 is 0 Å². The smallest absolute Gasteiger partial charge is 0.256 e. The molecule has 3 N–H and O–H groups in total. The van der Waals surface area contributed by atoms with Crippen molar-refractivity contribution < 1.29 is 19.0 Å². The van der Waals surface area contributed by atoms with Crippen LogP contribution in [0.1, 0.15) is 42.5 Å². The van der Waals surface area contributed by atoms with Gasteiger partial charge in [0.05, 0.1) is 29.6 Å². The summed E-state index contributed by atoms with van der Waals surface area (Å²) < 4.78 is 19.8. The van der Waals surface area contributed by atoms with Crippen LogP contribution >= 0.6 is 0 Å². The van der Waals surface area contributed by atoms with Crippen LogP contribution < -0.4 is 10.1 Å². The van der Waals surface area contributed by atoms with Crippen LogP contribution in [-0.2, 0) is 4.79 Å². The lowest BCUT2D eigenvalue weighted by molar-refractivity contribution is -0.110. The van der Waals surface area contributed by atoms with Crippen LogP contribution in [-0.4, -0.2) is 28.7 Å². The molecule has 0 saturated heterocycles. The molecule has 2 heterocycles. The molecule has 27 heavy (non-hydrogen) atoms. The summed E-state index contributed by atoms with van der Waals surface area (Å²) in [5.74, 6) is 5.35. The lowest BCUT2D eigenvalue weighted by Gasteiger charge is -2.13. The number of aromatic amines is 1. The Morgan fingerprint density at radius 2 is 2.07 bits per heavy atom. The van der Waals surface area contributed by atoms with Crippen LogP contribution in [0.4, 0.5) is 10.1 Å². The van der Waals surface area contributed by atoms with Gasteiger partial charge in [0.25, 0.3) is 5.91 Å². The van der Waals surface area contributed by atoms with E-state index in [9.17, 15) is 14.3 Å². The minimum Gasteiger partial charge on any atom is -0.495 e. The van der Waals surface area contributed by atoms with Crippen molar-refractivity contribution in [3.63, 3.8) is 0 Å². The lowest BCUT2D eigenvalue weighted by Crippen LogP contribution is -2.20. The second kappa shape index (κ2) is 6.60. The van der Waals surface area contributed by atoms with E-state index in [0.717, 1.165) is 12.8 Å². The zero-order chi connectivity index (χ0) is 19.0. The van der Waals surface area contributed by atoms with Gasteiger partial charge in [-0.1, -0.05) is 11.8 Å². The summed E-state index contributed by atoms with van der Waals surface area (Å²) >= 11 is 0. The number of carbonyl (C=O) groups excluding carboxylic acids is 1. The number of ether oxygens (including phenoxy) is 1. The maximum absolute atomic E-state index is 14.6. The normalized spacial score (nSPS) is 18.8. The Kier molecular flexibility index (Phi) is 4.25. The third-order valence-corrected chi connectivity index (χ3v) is 5.02. The zero-order valence-corrected chi connectivity index (χ0v) is 14.9. The molecule has 1 amide bonds. The number of methoxy groups -OCH3 is 1. The van der Waals surface area contributed by atoms with Crippen LogP contribution in [0.5, 0.6) is 5.75 Å². The summed E-state index contributed by atoms with van der Waals surface area (Å²) in [5.41, 5.74) is 0.841. The van der Waals surface area contributed by atoms with E-state index in [4.69, 9.17) is 4.74 Å². The SMILES string of the molecule is COc1cc[nH]c1/C=C1\C(=O)Nc2ccc(F)c(C#CC3(O)CCCC3)c21. The molecule has 138 valence electrons. The van der Waals surface area contributed by atoms with Gasteiger partial charge in [0, 0.05) is 11.8 Å². The standard InChI is InChI=1S/C21H19FN2O3/c1-27-18-7-11-23-17(18)12-14-19-13(6-10-21(26)8-2-3-9-21)15(22)4-5-16(19)24-20(14)25/h4-5,7,11-12,23,26H,2-3,8-9H2,1H3,(H,24,25)/b14-12-. The first-order valence-corrected chi connectivity index (χ1v) is 8.83. The molecule has 1 aromatic heterocycles. The molecule has 6 heteroatoms. The van der Waals surface area contributed by atoms with Crippen molar-refractivity contribution in [2.45, 2.75) is 31.3 Å². The monoisotopic (exact) mass is 366 g/mol. The number of benzene rings is 1. The number of hydrogen-bond acceptors (Lipinski definition) is 3. The van der Waals surface area contributed by atoms with Gasteiger partial charge in [-0.05, 0) is 50.0 Å². The van der Waals surface area contributed by atoms with E-state index in [1.807, 2.05) is 0 Å². The van der Waals surface area contributed by atoms with Crippen LogP contribution in [0.3, 0.4) is 0 Å². The molecule has 4 rings (SSSR count). The van der Waals surface area contributed by atoms with E-state index in [1.165, 1.54) is 19.2 Å². The molecule has 1 aliphatic carbocycles. The van der Waals surface area contributed by atoms with Crippen molar-refractivity contribution in [3.05, 3.63) is 47.0 Å². The molecule has 0 radical (unpaired) electrons. The van der Waals surface area contributed by atoms with Crippen molar-refractivity contribution in [1.82, 2.24) is 4.98 Å². The molecule has 2 aromatic rings. The highest BCUT2D eigenvalue weighted by atomic mass is 19.1. The fraction of sp³-hybridized carbons (Fsp3) is 0.286. The van der Waals surface area contributed by atoms with Crippen molar-refractivity contribution in [1.29, 1.82) is 0 Å². The molecule has 0 bridgehead atoms. The number of rotatable bonds is 2. The summed E-state index contributed by atoms with van der Waals surface area (Å²) in [7, 11) is 1.53. The van der Waals surface area contributed by atoms with Crippen LogP contribution in [0.15, 0.2) is 24.4 Å². The highest BCUT2D eigenvalue weighted by Crippen LogP contribution is 2.38. The Morgan fingerprint density at radius 3 is 2.81 bits per heavy atom. The molecule has 0 unspecified atom stereocenters. The first kappa shape index (κ1) is 17.4. The Hall–Kier alpha value is -3.04. The number of H-pyrrole nitrogens is 1. The van der Waals surface area contributed by atoms with Crippen LogP contribution in [0, 0.1) is 17.7 Å². The number of anilines is 1. The quantitative estimate of drug-likeness (QED) is 0.564. The number of carbonyl (C=O) groups is 1. The largest absolute Gasteiger partial charge is 0.495 e. The van der Waals surface area contributed by atoms with Crippen molar-refractivity contribution in [3.8, 4) is 17.6 Å². The van der Waals surface area contributed by atoms with Gasteiger partial charge in [0.15, 0.2) is 0 Å². The van der Waals surface area contributed by atoms with Crippen molar-refractivity contribution in [2.24, 2.45) is 0 Å². The maximum Gasteiger partial charge on any atom is 0.256 e. The number of fused-ring (bicyclic) bond motifs is 1. The number of aromatic nitrogens is 1. The molecule has 1 aromatic carbocycles. The fourth-order valence-electron chi connectivity index (χ4n) is 3.59. The Labute approximate surface area is 156 Å². The minimum atomic E-state index is -1.09. The Bertz CT molecular complexity index is 1000.